The first-order valence-corrected chi connectivity index (χ1v) is 9.07. The van der Waals surface area contributed by atoms with Gasteiger partial charge >= 0.3 is 5.76 Å². The van der Waals surface area contributed by atoms with Gasteiger partial charge in [-0.3, -0.25) is 9.36 Å². The molecule has 0 saturated carbocycles. The van der Waals surface area contributed by atoms with E-state index in [0.29, 0.717) is 21.6 Å². The Balaban J connectivity index is 1.59. The Morgan fingerprint density at radius 1 is 1.17 bits per heavy atom. The predicted octanol–water partition coefficient (Wildman–Crippen LogP) is 2.66. The third kappa shape index (κ3) is 3.81. The third-order valence-electron chi connectivity index (χ3n) is 4.45. The number of nitrogens with zero attached hydrogens (tertiary/aromatic N) is 5. The molecule has 0 unspecified atom stereocenters. The molecule has 148 valence electrons. The van der Waals surface area contributed by atoms with Crippen LogP contribution in [0.15, 0.2) is 56.9 Å². The molecule has 0 radical (unpaired) electrons. The molecule has 0 bridgehead atoms. The van der Waals surface area contributed by atoms with Gasteiger partial charge in [-0.1, -0.05) is 23.7 Å². The van der Waals surface area contributed by atoms with Gasteiger partial charge in [0.05, 0.1) is 11.9 Å². The highest BCUT2D eigenvalue weighted by molar-refractivity contribution is 6.30. The molecule has 29 heavy (non-hydrogen) atoms. The second kappa shape index (κ2) is 7.59. The van der Waals surface area contributed by atoms with Gasteiger partial charge in [-0.15, -0.1) is 5.10 Å². The van der Waals surface area contributed by atoms with E-state index in [9.17, 15) is 14.0 Å². The zero-order chi connectivity index (χ0) is 20.5. The van der Waals surface area contributed by atoms with Crippen LogP contribution in [0, 0.1) is 6.92 Å². The van der Waals surface area contributed by atoms with Gasteiger partial charge < -0.3 is 4.42 Å². The average molecular weight is 416 g/mol. The molecular weight excluding hydrogens is 401 g/mol. The molecule has 0 fully saturated rings. The molecule has 3 heterocycles. The molecule has 1 atom stereocenters. The molecule has 4 rings (SSSR count). The van der Waals surface area contributed by atoms with Crippen LogP contribution < -0.4 is 11.3 Å². The number of benzene rings is 1. The van der Waals surface area contributed by atoms with E-state index in [2.05, 4.69) is 15.1 Å². The number of pyridine rings is 1. The lowest BCUT2D eigenvalue weighted by atomic mass is 10.1. The minimum atomic E-state index is -1.47. The fourth-order valence-corrected chi connectivity index (χ4v) is 3.07. The topological polar surface area (TPSA) is 95.8 Å². The minimum Gasteiger partial charge on any atom is -0.390 e. The normalized spacial score (nSPS) is 12.4. The van der Waals surface area contributed by atoms with Gasteiger partial charge in [-0.2, -0.15) is 4.68 Å². The van der Waals surface area contributed by atoms with Gasteiger partial charge in [0, 0.05) is 11.2 Å². The van der Waals surface area contributed by atoms with Crippen LogP contribution in [-0.4, -0.2) is 24.3 Å². The number of hydrogen-bond donors (Lipinski definition) is 0. The van der Waals surface area contributed by atoms with Crippen molar-refractivity contribution in [3.8, 4) is 0 Å². The van der Waals surface area contributed by atoms with Gasteiger partial charge in [0.1, 0.15) is 19.0 Å². The molecule has 0 N–H and O–H groups in total. The summed E-state index contributed by atoms with van der Waals surface area (Å²) in [7, 11) is 0. The standard InChI is InChI=1S/C19H15ClFN5O3/c1-11-6-7-22-17-16(11)18(27)25(10-23-17)9-15-24-26(19(28)29-15)8-14(21)12-2-4-13(20)5-3-12/h2-7,10,14H,8-9H2,1H3/t14-/m1/s1. The van der Waals surface area contributed by atoms with E-state index >= 15 is 0 Å². The third-order valence-corrected chi connectivity index (χ3v) is 4.70. The lowest BCUT2D eigenvalue weighted by Gasteiger charge is -2.07. The van der Waals surface area contributed by atoms with Crippen molar-refractivity contribution in [2.45, 2.75) is 26.2 Å². The molecule has 0 aliphatic carbocycles. The minimum absolute atomic E-state index is 0.0249. The highest BCUT2D eigenvalue weighted by Gasteiger charge is 2.17. The smallest absolute Gasteiger partial charge is 0.390 e. The van der Waals surface area contributed by atoms with Crippen LogP contribution in [0.5, 0.6) is 0 Å². The van der Waals surface area contributed by atoms with Crippen LogP contribution >= 0.6 is 11.6 Å². The summed E-state index contributed by atoms with van der Waals surface area (Å²) in [6, 6.07) is 7.92. The quantitative estimate of drug-likeness (QED) is 0.497. The van der Waals surface area contributed by atoms with Crippen molar-refractivity contribution in [1.29, 1.82) is 0 Å². The predicted molar refractivity (Wildman–Crippen MR) is 104 cm³/mol. The van der Waals surface area contributed by atoms with Crippen LogP contribution in [0.4, 0.5) is 4.39 Å². The van der Waals surface area contributed by atoms with Crippen molar-refractivity contribution < 1.29 is 8.81 Å². The van der Waals surface area contributed by atoms with Crippen LogP contribution in [0.1, 0.15) is 23.2 Å². The summed E-state index contributed by atoms with van der Waals surface area (Å²) < 4.78 is 21.7. The number of hydrogen-bond acceptors (Lipinski definition) is 6. The van der Waals surface area contributed by atoms with Gasteiger partial charge in [-0.25, -0.2) is 19.2 Å². The molecule has 0 aliphatic heterocycles. The van der Waals surface area contributed by atoms with Crippen LogP contribution in [0.2, 0.25) is 5.02 Å². The van der Waals surface area contributed by atoms with Crippen molar-refractivity contribution in [3.63, 3.8) is 0 Å². The maximum absolute atomic E-state index is 14.5. The van der Waals surface area contributed by atoms with E-state index in [1.165, 1.54) is 23.0 Å². The SMILES string of the molecule is Cc1ccnc2ncn(Cc3nn(C[C@@H](F)c4ccc(Cl)cc4)c(=O)o3)c(=O)c12. The second-order valence-corrected chi connectivity index (χ2v) is 6.90. The zero-order valence-electron chi connectivity index (χ0n) is 15.2. The summed E-state index contributed by atoms with van der Waals surface area (Å²) in [5.41, 5.74) is 1.10. The molecule has 10 heteroatoms. The van der Waals surface area contributed by atoms with Crippen molar-refractivity contribution >= 4 is 22.6 Å². The number of rotatable bonds is 5. The Hall–Kier alpha value is -3.33. The van der Waals surface area contributed by atoms with E-state index in [4.69, 9.17) is 16.0 Å². The van der Waals surface area contributed by atoms with Crippen molar-refractivity contribution in [3.05, 3.63) is 85.8 Å². The Morgan fingerprint density at radius 2 is 1.93 bits per heavy atom. The van der Waals surface area contributed by atoms with Crippen molar-refractivity contribution in [2.24, 2.45) is 0 Å². The molecule has 3 aromatic heterocycles. The highest BCUT2D eigenvalue weighted by Crippen LogP contribution is 2.21. The first-order valence-electron chi connectivity index (χ1n) is 8.69. The van der Waals surface area contributed by atoms with Gasteiger partial charge in [0.25, 0.3) is 5.56 Å². The van der Waals surface area contributed by atoms with Gasteiger partial charge in [0.2, 0.25) is 5.89 Å². The molecule has 1 aromatic carbocycles. The fourth-order valence-electron chi connectivity index (χ4n) is 2.94. The summed E-state index contributed by atoms with van der Waals surface area (Å²) in [5, 5.41) is 4.87. The second-order valence-electron chi connectivity index (χ2n) is 6.47. The fraction of sp³-hybridized carbons (Fsp3) is 0.211. The van der Waals surface area contributed by atoms with E-state index in [1.807, 2.05) is 0 Å². The average Bonchev–Trinajstić information content (AvgIpc) is 3.03. The van der Waals surface area contributed by atoms with E-state index in [1.54, 1.807) is 31.3 Å². The lowest BCUT2D eigenvalue weighted by Crippen LogP contribution is -2.22. The summed E-state index contributed by atoms with van der Waals surface area (Å²) in [4.78, 5) is 32.9. The van der Waals surface area contributed by atoms with E-state index in [0.717, 1.165) is 10.2 Å². The highest BCUT2D eigenvalue weighted by atomic mass is 35.5. The summed E-state index contributed by atoms with van der Waals surface area (Å²) >= 11 is 5.80. The first kappa shape index (κ1) is 19.0. The largest absolute Gasteiger partial charge is 0.437 e. The monoisotopic (exact) mass is 415 g/mol. The Morgan fingerprint density at radius 3 is 2.69 bits per heavy atom. The van der Waals surface area contributed by atoms with Crippen LogP contribution in [0.25, 0.3) is 11.0 Å². The summed E-state index contributed by atoms with van der Waals surface area (Å²) in [5.74, 6) is -0.834. The van der Waals surface area contributed by atoms with E-state index in [-0.39, 0.29) is 24.5 Å². The number of fused-ring (bicyclic) bond motifs is 1. The van der Waals surface area contributed by atoms with Crippen molar-refractivity contribution in [2.75, 3.05) is 0 Å². The van der Waals surface area contributed by atoms with Gasteiger partial charge in [0.15, 0.2) is 5.65 Å². The molecule has 0 spiro atoms. The maximum Gasteiger partial charge on any atom is 0.437 e. The number of aryl methyl sites for hydroxylation is 1. The summed E-state index contributed by atoms with van der Waals surface area (Å²) in [6.45, 7) is 1.35. The number of aromatic nitrogens is 5. The number of alkyl halides is 1. The van der Waals surface area contributed by atoms with Crippen molar-refractivity contribution in [1.82, 2.24) is 24.3 Å². The molecule has 0 saturated heterocycles. The van der Waals surface area contributed by atoms with Crippen LogP contribution in [0.3, 0.4) is 0 Å². The molecule has 4 aromatic rings. The Labute approximate surface area is 168 Å². The zero-order valence-corrected chi connectivity index (χ0v) is 16.0. The molecule has 8 nitrogen and oxygen atoms in total. The van der Waals surface area contributed by atoms with Gasteiger partial charge in [-0.05, 0) is 36.2 Å². The van der Waals surface area contributed by atoms with Crippen LogP contribution in [-0.2, 0) is 13.1 Å². The number of halogens is 2. The maximum atomic E-state index is 14.5. The first-order chi connectivity index (χ1) is 13.9. The molecular formula is C19H15ClFN5O3. The Kier molecular flexibility index (Phi) is 4.98. The lowest BCUT2D eigenvalue weighted by molar-refractivity contribution is 0.283. The molecule has 0 amide bonds. The summed E-state index contributed by atoms with van der Waals surface area (Å²) in [6.07, 6.45) is 1.41. The van der Waals surface area contributed by atoms with E-state index < -0.39 is 11.9 Å². The Bertz CT molecular complexity index is 1300. The molecule has 0 aliphatic rings.